The molecule has 0 saturated heterocycles. The number of hydrogen-bond acceptors (Lipinski definition) is 6. The Morgan fingerprint density at radius 2 is 1.62 bits per heavy atom. The second kappa shape index (κ2) is 10.9. The molecule has 7 N–H and O–H groups in total. The number of nitrogens with one attached hydrogen (secondary N) is 2. The number of aliphatic carboxylic acids is 1. The van der Waals surface area contributed by atoms with Crippen LogP contribution in [-0.4, -0.2) is 52.7 Å². The number of amides is 3. The molecular weight excluding hydrogens is 336 g/mol. The van der Waals surface area contributed by atoms with Crippen LogP contribution in [0.25, 0.3) is 0 Å². The minimum Gasteiger partial charge on any atom is -0.480 e. The highest BCUT2D eigenvalue weighted by molar-refractivity contribution is 7.80. The quantitative estimate of drug-likeness (QED) is 0.248. The summed E-state index contributed by atoms with van der Waals surface area (Å²) in [6, 6.07) is -3.09. The average molecular weight is 362 g/mol. The number of carbonyl (C=O) groups is 4. The summed E-state index contributed by atoms with van der Waals surface area (Å²) in [7, 11) is 0. The van der Waals surface area contributed by atoms with Gasteiger partial charge in [0.1, 0.15) is 12.1 Å². The van der Waals surface area contributed by atoms with Crippen molar-refractivity contribution in [3.05, 3.63) is 0 Å². The largest absolute Gasteiger partial charge is 0.480 e. The third kappa shape index (κ3) is 8.73. The number of rotatable bonds is 11. The lowest BCUT2D eigenvalue weighted by Gasteiger charge is -2.22. The Morgan fingerprint density at radius 1 is 1.08 bits per heavy atom. The van der Waals surface area contributed by atoms with Gasteiger partial charge in [0.15, 0.2) is 0 Å². The lowest BCUT2D eigenvalue weighted by molar-refractivity contribution is -0.142. The van der Waals surface area contributed by atoms with E-state index in [1.165, 1.54) is 0 Å². The SMILES string of the molecule is CC(C)C[C@H](NC(=O)[C@H](CS)NC(=O)[C@@H](N)CCC(N)=O)C(=O)O. The van der Waals surface area contributed by atoms with Crippen molar-refractivity contribution in [2.75, 3.05) is 5.75 Å². The highest BCUT2D eigenvalue weighted by Crippen LogP contribution is 2.06. The summed E-state index contributed by atoms with van der Waals surface area (Å²) in [6.07, 6.45) is 0.251. The topological polar surface area (TPSA) is 165 Å². The standard InChI is InChI=1S/C14H26N4O5S/c1-7(2)5-9(14(22)23)17-13(21)10(6-24)18-12(20)8(15)3-4-11(16)19/h7-10,24H,3-6,15H2,1-2H3,(H2,16,19)(H,17,21)(H,18,20)(H,22,23)/t8-,9-,10-/m0/s1. The van der Waals surface area contributed by atoms with Gasteiger partial charge >= 0.3 is 5.97 Å². The van der Waals surface area contributed by atoms with Crippen LogP contribution in [0.15, 0.2) is 0 Å². The fourth-order valence-corrected chi connectivity index (χ4v) is 2.12. The molecule has 0 saturated carbocycles. The van der Waals surface area contributed by atoms with E-state index in [1.54, 1.807) is 0 Å². The third-order valence-corrected chi connectivity index (χ3v) is 3.54. The zero-order valence-electron chi connectivity index (χ0n) is 13.8. The fraction of sp³-hybridized carbons (Fsp3) is 0.714. The summed E-state index contributed by atoms with van der Waals surface area (Å²) in [5.41, 5.74) is 10.6. The van der Waals surface area contributed by atoms with Gasteiger partial charge in [-0.1, -0.05) is 13.8 Å². The Kier molecular flexibility index (Phi) is 10.0. The molecule has 0 aromatic heterocycles. The lowest BCUT2D eigenvalue weighted by Crippen LogP contribution is -2.55. The maximum absolute atomic E-state index is 12.1. The summed E-state index contributed by atoms with van der Waals surface area (Å²) in [5.74, 6) is -3.00. The first-order chi connectivity index (χ1) is 11.1. The molecular formula is C14H26N4O5S. The van der Waals surface area contributed by atoms with Crippen molar-refractivity contribution >= 4 is 36.3 Å². The fourth-order valence-electron chi connectivity index (χ4n) is 1.87. The molecule has 0 radical (unpaired) electrons. The maximum Gasteiger partial charge on any atom is 0.326 e. The average Bonchev–Trinajstić information content (AvgIpc) is 2.48. The van der Waals surface area contributed by atoms with Crippen molar-refractivity contribution in [2.45, 2.75) is 51.2 Å². The number of primary amides is 1. The number of nitrogens with two attached hydrogens (primary N) is 2. The molecule has 0 rings (SSSR count). The van der Waals surface area contributed by atoms with Crippen LogP contribution in [0.3, 0.4) is 0 Å². The van der Waals surface area contributed by atoms with Gasteiger partial charge in [-0.05, 0) is 18.8 Å². The van der Waals surface area contributed by atoms with Gasteiger partial charge in [-0.3, -0.25) is 14.4 Å². The zero-order valence-corrected chi connectivity index (χ0v) is 14.7. The van der Waals surface area contributed by atoms with E-state index in [1.807, 2.05) is 13.8 Å². The van der Waals surface area contributed by atoms with Gasteiger partial charge < -0.3 is 27.2 Å². The molecule has 9 nitrogen and oxygen atoms in total. The van der Waals surface area contributed by atoms with Gasteiger partial charge in [0.05, 0.1) is 6.04 Å². The second-order valence-electron chi connectivity index (χ2n) is 5.88. The number of carbonyl (C=O) groups excluding carboxylic acids is 3. The van der Waals surface area contributed by atoms with Crippen LogP contribution in [0.2, 0.25) is 0 Å². The second-order valence-corrected chi connectivity index (χ2v) is 6.25. The smallest absolute Gasteiger partial charge is 0.326 e. The van der Waals surface area contributed by atoms with Crippen LogP contribution in [0.5, 0.6) is 0 Å². The zero-order chi connectivity index (χ0) is 18.9. The number of hydrogen-bond donors (Lipinski definition) is 6. The summed E-state index contributed by atoms with van der Waals surface area (Å²) >= 11 is 3.99. The van der Waals surface area contributed by atoms with Crippen LogP contribution in [0.4, 0.5) is 0 Å². The number of carboxylic acids is 1. The highest BCUT2D eigenvalue weighted by Gasteiger charge is 2.27. The van der Waals surface area contributed by atoms with Crippen molar-refractivity contribution in [1.29, 1.82) is 0 Å². The predicted molar refractivity (Wildman–Crippen MR) is 91.2 cm³/mol. The summed E-state index contributed by atoms with van der Waals surface area (Å²) < 4.78 is 0. The summed E-state index contributed by atoms with van der Waals surface area (Å²) in [4.78, 5) is 45.9. The van der Waals surface area contributed by atoms with E-state index in [-0.39, 0.29) is 30.9 Å². The third-order valence-electron chi connectivity index (χ3n) is 3.18. The first-order valence-corrected chi connectivity index (χ1v) is 8.20. The Bertz CT molecular complexity index is 472. The first-order valence-electron chi connectivity index (χ1n) is 7.56. The molecule has 0 aliphatic carbocycles. The van der Waals surface area contributed by atoms with Gasteiger partial charge in [0.25, 0.3) is 0 Å². The van der Waals surface area contributed by atoms with E-state index in [4.69, 9.17) is 16.6 Å². The van der Waals surface area contributed by atoms with Crippen molar-refractivity contribution in [3.63, 3.8) is 0 Å². The molecule has 10 heteroatoms. The van der Waals surface area contributed by atoms with Gasteiger partial charge in [0.2, 0.25) is 17.7 Å². The van der Waals surface area contributed by atoms with Gasteiger partial charge in [0, 0.05) is 12.2 Å². The van der Waals surface area contributed by atoms with Crippen molar-refractivity contribution in [1.82, 2.24) is 10.6 Å². The summed E-state index contributed by atoms with van der Waals surface area (Å²) in [6.45, 7) is 3.66. The van der Waals surface area contributed by atoms with Crippen molar-refractivity contribution < 1.29 is 24.3 Å². The van der Waals surface area contributed by atoms with Crippen LogP contribution < -0.4 is 22.1 Å². The lowest BCUT2D eigenvalue weighted by atomic mass is 10.0. The Morgan fingerprint density at radius 3 is 2.04 bits per heavy atom. The van der Waals surface area contributed by atoms with Crippen LogP contribution in [0, 0.1) is 5.92 Å². The van der Waals surface area contributed by atoms with Crippen LogP contribution in [-0.2, 0) is 19.2 Å². The molecule has 0 fully saturated rings. The summed E-state index contributed by atoms with van der Waals surface area (Å²) in [5, 5.41) is 13.9. The molecule has 0 aliphatic heterocycles. The van der Waals surface area contributed by atoms with Gasteiger partial charge in [-0.25, -0.2) is 4.79 Å². The molecule has 0 aromatic carbocycles. The molecule has 0 bridgehead atoms. The Hall–Kier alpha value is -1.81. The molecule has 138 valence electrons. The molecule has 3 amide bonds. The van der Waals surface area contributed by atoms with Crippen LogP contribution in [0.1, 0.15) is 33.1 Å². The normalized spacial score (nSPS) is 14.5. The first kappa shape index (κ1) is 22.2. The van der Waals surface area contributed by atoms with E-state index in [0.29, 0.717) is 0 Å². The number of carboxylic acid groups (broad SMARTS) is 1. The minimum atomic E-state index is -1.15. The Labute approximate surface area is 146 Å². The minimum absolute atomic E-state index is 0.0336. The molecule has 0 heterocycles. The van der Waals surface area contributed by atoms with E-state index < -0.39 is 41.8 Å². The predicted octanol–water partition coefficient (Wildman–Crippen LogP) is -1.39. The van der Waals surface area contributed by atoms with Gasteiger partial charge in [-0.2, -0.15) is 12.6 Å². The highest BCUT2D eigenvalue weighted by atomic mass is 32.1. The van der Waals surface area contributed by atoms with E-state index in [9.17, 15) is 19.2 Å². The van der Waals surface area contributed by atoms with Crippen molar-refractivity contribution in [3.8, 4) is 0 Å². The monoisotopic (exact) mass is 362 g/mol. The Balaban J connectivity index is 4.70. The van der Waals surface area contributed by atoms with Crippen molar-refractivity contribution in [2.24, 2.45) is 17.4 Å². The molecule has 0 spiro atoms. The molecule has 0 aliphatic rings. The maximum atomic E-state index is 12.1. The van der Waals surface area contributed by atoms with E-state index in [0.717, 1.165) is 0 Å². The molecule has 0 unspecified atom stereocenters. The van der Waals surface area contributed by atoms with E-state index >= 15 is 0 Å². The van der Waals surface area contributed by atoms with Gasteiger partial charge in [-0.15, -0.1) is 0 Å². The number of thiol groups is 1. The molecule has 0 aromatic rings. The molecule has 24 heavy (non-hydrogen) atoms. The van der Waals surface area contributed by atoms with Crippen LogP contribution >= 0.6 is 12.6 Å². The van der Waals surface area contributed by atoms with E-state index in [2.05, 4.69) is 23.3 Å². The molecule has 3 atom stereocenters.